The summed E-state index contributed by atoms with van der Waals surface area (Å²) in [7, 11) is 1.27. The van der Waals surface area contributed by atoms with E-state index in [2.05, 4.69) is 4.74 Å². The van der Waals surface area contributed by atoms with E-state index in [0.717, 1.165) is 0 Å². The number of likely N-dealkylation sites (tertiary alicyclic amines) is 1. The van der Waals surface area contributed by atoms with Crippen LogP contribution in [-0.2, 0) is 19.1 Å². The number of amides is 1. The third kappa shape index (κ3) is 3.57. The van der Waals surface area contributed by atoms with E-state index in [-0.39, 0.29) is 25.3 Å². The number of carboxylic acid groups (broad SMARTS) is 1. The first-order valence-corrected chi connectivity index (χ1v) is 7.14. The van der Waals surface area contributed by atoms with Crippen molar-refractivity contribution in [2.45, 2.75) is 18.9 Å². The number of aliphatic carboxylic acids is 1. The molecular formula is C15H16ClNO5. The monoisotopic (exact) mass is 325 g/mol. The van der Waals surface area contributed by atoms with Gasteiger partial charge in [0.1, 0.15) is 0 Å². The third-order valence-corrected chi connectivity index (χ3v) is 3.91. The first-order valence-electron chi connectivity index (χ1n) is 6.77. The minimum absolute atomic E-state index is 0.0311. The van der Waals surface area contributed by atoms with Gasteiger partial charge in [0.2, 0.25) is 5.91 Å². The zero-order valence-electron chi connectivity index (χ0n) is 12.0. The quantitative estimate of drug-likeness (QED) is 0.836. The number of benzene rings is 1. The highest BCUT2D eigenvalue weighted by atomic mass is 35.5. The minimum Gasteiger partial charge on any atom is -0.481 e. The lowest BCUT2D eigenvalue weighted by molar-refractivity contribution is -0.145. The van der Waals surface area contributed by atoms with Gasteiger partial charge in [0.15, 0.2) is 0 Å². The Morgan fingerprint density at radius 3 is 2.82 bits per heavy atom. The Hall–Kier alpha value is -2.08. The van der Waals surface area contributed by atoms with Gasteiger partial charge in [-0.25, -0.2) is 0 Å². The van der Waals surface area contributed by atoms with Crippen LogP contribution in [0.25, 0.3) is 0 Å². The number of nitrogens with zero attached hydrogens (tertiary/aromatic N) is 1. The second-order valence-corrected chi connectivity index (χ2v) is 5.58. The molecule has 1 aromatic rings. The van der Waals surface area contributed by atoms with Crippen molar-refractivity contribution in [2.24, 2.45) is 5.92 Å². The van der Waals surface area contributed by atoms with Crippen LogP contribution in [0.2, 0.25) is 5.02 Å². The van der Waals surface area contributed by atoms with E-state index >= 15 is 0 Å². The lowest BCUT2D eigenvalue weighted by Crippen LogP contribution is -2.32. The van der Waals surface area contributed by atoms with E-state index in [1.807, 2.05) is 0 Å². The molecule has 6 nitrogen and oxygen atoms in total. The molecule has 1 N–H and O–H groups in total. The van der Waals surface area contributed by atoms with Gasteiger partial charge in [0.05, 0.1) is 25.5 Å². The molecule has 2 atom stereocenters. The molecular weight excluding hydrogens is 310 g/mol. The smallest absolute Gasteiger partial charge is 0.310 e. The molecule has 22 heavy (non-hydrogen) atoms. The van der Waals surface area contributed by atoms with Crippen LogP contribution < -0.4 is 0 Å². The van der Waals surface area contributed by atoms with Gasteiger partial charge in [-0.15, -0.1) is 0 Å². The van der Waals surface area contributed by atoms with E-state index in [1.165, 1.54) is 12.0 Å². The fourth-order valence-corrected chi connectivity index (χ4v) is 2.84. The largest absolute Gasteiger partial charge is 0.481 e. The van der Waals surface area contributed by atoms with E-state index < -0.39 is 23.9 Å². The van der Waals surface area contributed by atoms with Crippen LogP contribution >= 0.6 is 11.6 Å². The molecule has 1 aliphatic rings. The first kappa shape index (κ1) is 16.3. The Morgan fingerprint density at radius 2 is 2.23 bits per heavy atom. The van der Waals surface area contributed by atoms with Gasteiger partial charge in [-0.3, -0.25) is 14.4 Å². The molecule has 0 bridgehead atoms. The van der Waals surface area contributed by atoms with Crippen LogP contribution in [0, 0.1) is 5.92 Å². The molecule has 1 heterocycles. The number of methoxy groups -OCH3 is 1. The van der Waals surface area contributed by atoms with Gasteiger partial charge in [-0.05, 0) is 17.7 Å². The molecule has 0 saturated carbocycles. The Morgan fingerprint density at radius 1 is 1.50 bits per heavy atom. The summed E-state index contributed by atoms with van der Waals surface area (Å²) in [6.07, 6.45) is -0.219. The molecule has 1 fully saturated rings. The number of carboxylic acids is 1. The number of hydrogen-bond acceptors (Lipinski definition) is 4. The van der Waals surface area contributed by atoms with Gasteiger partial charge >= 0.3 is 11.9 Å². The molecule has 2 unspecified atom stereocenters. The van der Waals surface area contributed by atoms with Gasteiger partial charge in [-0.1, -0.05) is 23.7 Å². The Kier molecular flexibility index (Phi) is 5.03. The molecule has 1 saturated heterocycles. The van der Waals surface area contributed by atoms with Crippen molar-refractivity contribution in [3.05, 3.63) is 34.9 Å². The highest BCUT2D eigenvalue weighted by molar-refractivity contribution is 6.30. The molecule has 118 valence electrons. The van der Waals surface area contributed by atoms with Gasteiger partial charge < -0.3 is 14.7 Å². The number of rotatable bonds is 5. The van der Waals surface area contributed by atoms with Crippen molar-refractivity contribution < 1.29 is 24.2 Å². The summed E-state index contributed by atoms with van der Waals surface area (Å²) >= 11 is 5.95. The predicted octanol–water partition coefficient (Wildman–Crippen LogP) is 1.88. The number of ether oxygens (including phenoxy) is 1. The standard InChI is InChI=1S/C15H16ClNO5/c1-22-15(21)10-6-13(18)17(8-10)12(7-14(19)20)9-3-2-4-11(16)5-9/h2-5,10,12H,6-8H2,1H3,(H,19,20). The first-order chi connectivity index (χ1) is 10.4. The summed E-state index contributed by atoms with van der Waals surface area (Å²) in [6, 6.07) is 6.07. The van der Waals surface area contributed by atoms with E-state index in [9.17, 15) is 14.4 Å². The zero-order chi connectivity index (χ0) is 16.3. The van der Waals surface area contributed by atoms with Crippen LogP contribution in [0.3, 0.4) is 0 Å². The van der Waals surface area contributed by atoms with Crippen molar-refractivity contribution in [3.8, 4) is 0 Å². The summed E-state index contributed by atoms with van der Waals surface area (Å²) in [5.41, 5.74) is 0.633. The summed E-state index contributed by atoms with van der Waals surface area (Å²) < 4.78 is 4.66. The highest BCUT2D eigenvalue weighted by Crippen LogP contribution is 2.32. The maximum Gasteiger partial charge on any atom is 0.310 e. The Bertz CT molecular complexity index is 603. The van der Waals surface area contributed by atoms with Crippen molar-refractivity contribution >= 4 is 29.4 Å². The van der Waals surface area contributed by atoms with Crippen LogP contribution in [0.15, 0.2) is 24.3 Å². The predicted molar refractivity (Wildman–Crippen MR) is 78.3 cm³/mol. The number of halogens is 1. The van der Waals surface area contributed by atoms with Crippen molar-refractivity contribution in [1.82, 2.24) is 4.90 Å². The number of carbonyl (C=O) groups excluding carboxylic acids is 2. The summed E-state index contributed by atoms with van der Waals surface area (Å²) in [4.78, 5) is 36.3. The average Bonchev–Trinajstić information content (AvgIpc) is 2.85. The summed E-state index contributed by atoms with van der Waals surface area (Å²) in [5.74, 6) is -2.31. The second kappa shape index (κ2) is 6.79. The fourth-order valence-electron chi connectivity index (χ4n) is 2.64. The van der Waals surface area contributed by atoms with Crippen LogP contribution in [0.1, 0.15) is 24.4 Å². The topological polar surface area (TPSA) is 83.9 Å². The number of hydrogen-bond donors (Lipinski definition) is 1. The van der Waals surface area contributed by atoms with Crippen LogP contribution in [0.5, 0.6) is 0 Å². The fraction of sp³-hybridized carbons (Fsp3) is 0.400. The van der Waals surface area contributed by atoms with Crippen molar-refractivity contribution in [1.29, 1.82) is 0 Å². The van der Waals surface area contributed by atoms with Crippen LogP contribution in [0.4, 0.5) is 0 Å². The molecule has 0 aromatic heterocycles. The molecule has 1 amide bonds. The average molecular weight is 326 g/mol. The molecule has 0 spiro atoms. The van der Waals surface area contributed by atoms with E-state index in [0.29, 0.717) is 10.6 Å². The van der Waals surface area contributed by atoms with Gasteiger partial charge in [-0.2, -0.15) is 0 Å². The molecule has 0 radical (unpaired) electrons. The Labute approximate surface area is 132 Å². The molecule has 7 heteroatoms. The Balaban J connectivity index is 2.28. The highest BCUT2D eigenvalue weighted by Gasteiger charge is 2.39. The second-order valence-electron chi connectivity index (χ2n) is 5.14. The lowest BCUT2D eigenvalue weighted by atomic mass is 10.0. The third-order valence-electron chi connectivity index (χ3n) is 3.67. The molecule has 1 aromatic carbocycles. The summed E-state index contributed by atoms with van der Waals surface area (Å²) in [5, 5.41) is 9.58. The van der Waals surface area contributed by atoms with Crippen LogP contribution in [-0.4, -0.2) is 41.5 Å². The van der Waals surface area contributed by atoms with Gasteiger partial charge in [0.25, 0.3) is 0 Å². The maximum atomic E-state index is 12.2. The molecule has 1 aliphatic heterocycles. The molecule has 2 rings (SSSR count). The normalized spacial score (nSPS) is 19.1. The number of carbonyl (C=O) groups is 3. The van der Waals surface area contributed by atoms with E-state index in [1.54, 1.807) is 24.3 Å². The lowest BCUT2D eigenvalue weighted by Gasteiger charge is -2.27. The van der Waals surface area contributed by atoms with E-state index in [4.69, 9.17) is 16.7 Å². The van der Waals surface area contributed by atoms with Gasteiger partial charge in [0, 0.05) is 18.0 Å². The van der Waals surface area contributed by atoms with Crippen molar-refractivity contribution in [3.63, 3.8) is 0 Å². The SMILES string of the molecule is COC(=O)C1CC(=O)N(C(CC(=O)O)c2cccc(Cl)c2)C1. The summed E-state index contributed by atoms with van der Waals surface area (Å²) in [6.45, 7) is 0.149. The zero-order valence-corrected chi connectivity index (χ0v) is 12.7. The minimum atomic E-state index is -1.03. The number of esters is 1. The molecule has 0 aliphatic carbocycles. The van der Waals surface area contributed by atoms with Crippen molar-refractivity contribution in [2.75, 3.05) is 13.7 Å². The maximum absolute atomic E-state index is 12.2.